The molecule has 3 aromatic rings. The number of hydrogen-bond donors (Lipinski definition) is 3. The minimum Gasteiger partial charge on any atom is -0.475 e. The largest absolute Gasteiger partial charge is 0.490 e. The van der Waals surface area contributed by atoms with Crippen molar-refractivity contribution in [2.24, 2.45) is 5.73 Å². The summed E-state index contributed by atoms with van der Waals surface area (Å²) in [4.78, 5) is 27.0. The van der Waals surface area contributed by atoms with Crippen molar-refractivity contribution in [1.29, 1.82) is 0 Å². The molecule has 156 valence electrons. The Hall–Kier alpha value is -3.40. The van der Waals surface area contributed by atoms with Gasteiger partial charge in [0.05, 0.1) is 4.88 Å². The van der Waals surface area contributed by atoms with E-state index in [-0.39, 0.29) is 5.91 Å². The molecule has 0 radical (unpaired) electrons. The van der Waals surface area contributed by atoms with Crippen LogP contribution in [0.4, 0.5) is 18.9 Å². The number of carboxylic acid groups (broad SMARTS) is 1. The number of para-hydroxylation sites is 1. The van der Waals surface area contributed by atoms with Crippen LogP contribution in [0.2, 0.25) is 0 Å². The summed E-state index contributed by atoms with van der Waals surface area (Å²) in [5, 5.41) is 10.6. The van der Waals surface area contributed by atoms with E-state index in [2.05, 4.69) is 22.4 Å². The molecular formula is C20H16F3N3O3S. The van der Waals surface area contributed by atoms with Crippen LogP contribution in [0.1, 0.15) is 26.5 Å². The van der Waals surface area contributed by atoms with Crippen molar-refractivity contribution >= 4 is 28.9 Å². The number of amides is 1. The molecule has 3 heterocycles. The van der Waals surface area contributed by atoms with Gasteiger partial charge in [0, 0.05) is 41.0 Å². The van der Waals surface area contributed by atoms with E-state index in [0.717, 1.165) is 32.9 Å². The van der Waals surface area contributed by atoms with E-state index < -0.39 is 12.1 Å². The quantitative estimate of drug-likeness (QED) is 0.576. The number of carboxylic acids is 1. The minimum atomic E-state index is -5.08. The van der Waals surface area contributed by atoms with E-state index in [4.69, 9.17) is 15.6 Å². The van der Waals surface area contributed by atoms with Crippen LogP contribution in [-0.2, 0) is 17.8 Å². The normalized spacial score (nSPS) is 12.0. The van der Waals surface area contributed by atoms with Crippen LogP contribution in [0.25, 0.3) is 10.4 Å². The molecule has 0 spiro atoms. The third-order valence-corrected chi connectivity index (χ3v) is 5.62. The number of aromatic nitrogens is 1. The highest BCUT2D eigenvalue weighted by molar-refractivity contribution is 7.18. The fraction of sp³-hybridized carbons (Fsp3) is 0.150. The lowest BCUT2D eigenvalue weighted by molar-refractivity contribution is -0.192. The Morgan fingerprint density at radius 3 is 2.43 bits per heavy atom. The van der Waals surface area contributed by atoms with E-state index in [9.17, 15) is 18.0 Å². The number of thiophene rings is 1. The molecule has 0 bridgehead atoms. The fourth-order valence-corrected chi connectivity index (χ4v) is 4.22. The first-order chi connectivity index (χ1) is 14.2. The second kappa shape index (κ2) is 8.54. The first-order valence-corrected chi connectivity index (χ1v) is 9.47. The smallest absolute Gasteiger partial charge is 0.475 e. The summed E-state index contributed by atoms with van der Waals surface area (Å²) < 4.78 is 31.7. The van der Waals surface area contributed by atoms with Crippen molar-refractivity contribution in [2.45, 2.75) is 19.1 Å². The van der Waals surface area contributed by atoms with Crippen molar-refractivity contribution in [2.75, 3.05) is 5.32 Å². The van der Waals surface area contributed by atoms with Crippen molar-refractivity contribution < 1.29 is 27.9 Å². The lowest BCUT2D eigenvalue weighted by Crippen LogP contribution is -2.21. The molecule has 10 heteroatoms. The van der Waals surface area contributed by atoms with Gasteiger partial charge < -0.3 is 16.2 Å². The molecule has 1 aliphatic heterocycles. The van der Waals surface area contributed by atoms with E-state index >= 15 is 0 Å². The minimum absolute atomic E-state index is 0.368. The summed E-state index contributed by atoms with van der Waals surface area (Å²) in [7, 11) is 0. The average Bonchev–Trinajstić information content (AvgIpc) is 3.08. The second-order valence-electron chi connectivity index (χ2n) is 6.28. The van der Waals surface area contributed by atoms with Crippen LogP contribution < -0.4 is 11.1 Å². The highest BCUT2D eigenvalue weighted by Crippen LogP contribution is 2.43. The van der Waals surface area contributed by atoms with Gasteiger partial charge in [0.15, 0.2) is 0 Å². The number of primary amides is 1. The molecule has 0 saturated carbocycles. The Labute approximate surface area is 173 Å². The number of fused-ring (bicyclic) bond motifs is 3. The number of aliphatic carboxylic acids is 1. The molecule has 1 aromatic carbocycles. The molecular weight excluding hydrogens is 419 g/mol. The third-order valence-electron chi connectivity index (χ3n) is 4.29. The van der Waals surface area contributed by atoms with Crippen molar-refractivity contribution in [3.05, 3.63) is 70.4 Å². The standard InChI is InChI=1S/C18H15N3OS.C2HF3O2/c19-18(22)17-13(9-11-5-3-4-8-20-11)14-10-21-15-7-2-1-6-12(15)16(14)23-17;3-2(4,5)1(6)7/h1-8,21H,9-10H2,(H2,19,22);(H,6,7). The number of alkyl halides is 3. The zero-order chi connectivity index (χ0) is 21.9. The molecule has 4 N–H and O–H groups in total. The van der Waals surface area contributed by atoms with Crippen LogP contribution >= 0.6 is 11.3 Å². The monoisotopic (exact) mass is 435 g/mol. The maximum Gasteiger partial charge on any atom is 0.490 e. The molecule has 0 fully saturated rings. The number of nitrogens with zero attached hydrogens (tertiary/aromatic N) is 1. The number of carbonyl (C=O) groups is 2. The number of anilines is 1. The van der Waals surface area contributed by atoms with Gasteiger partial charge >= 0.3 is 12.1 Å². The fourth-order valence-electron chi connectivity index (χ4n) is 2.99. The molecule has 0 saturated heterocycles. The molecule has 2 aromatic heterocycles. The predicted molar refractivity (Wildman–Crippen MR) is 106 cm³/mol. The van der Waals surface area contributed by atoms with Gasteiger partial charge in [-0.3, -0.25) is 9.78 Å². The van der Waals surface area contributed by atoms with E-state index in [0.29, 0.717) is 17.8 Å². The molecule has 1 amide bonds. The number of nitrogens with one attached hydrogen (secondary N) is 1. The molecule has 1 aliphatic rings. The number of hydrogen-bond acceptors (Lipinski definition) is 5. The molecule has 6 nitrogen and oxygen atoms in total. The number of carbonyl (C=O) groups excluding carboxylic acids is 1. The highest BCUT2D eigenvalue weighted by atomic mass is 32.1. The average molecular weight is 435 g/mol. The number of rotatable bonds is 3. The lowest BCUT2D eigenvalue weighted by Gasteiger charge is -2.19. The number of pyridine rings is 1. The summed E-state index contributed by atoms with van der Waals surface area (Å²) in [5.41, 5.74) is 11.0. The van der Waals surface area contributed by atoms with Gasteiger partial charge in [-0.1, -0.05) is 24.3 Å². The summed E-state index contributed by atoms with van der Waals surface area (Å²) in [5.74, 6) is -3.12. The topological polar surface area (TPSA) is 105 Å². The van der Waals surface area contributed by atoms with Gasteiger partial charge in [-0.05, 0) is 29.3 Å². The maximum absolute atomic E-state index is 11.9. The van der Waals surface area contributed by atoms with Crippen LogP contribution in [0.15, 0.2) is 48.7 Å². The van der Waals surface area contributed by atoms with Gasteiger partial charge in [-0.15, -0.1) is 11.3 Å². The Morgan fingerprint density at radius 1 is 1.17 bits per heavy atom. The SMILES string of the molecule is NC(=O)c1sc2c(c1Cc1ccccn1)CNc1ccccc1-2.O=C(O)C(F)(F)F. The molecule has 4 rings (SSSR count). The Kier molecular flexibility index (Phi) is 6.06. The predicted octanol–water partition coefficient (Wildman–Crippen LogP) is 4.06. The molecule has 0 atom stereocenters. The number of halogens is 3. The van der Waals surface area contributed by atoms with Crippen LogP contribution in [0.3, 0.4) is 0 Å². The number of benzene rings is 1. The summed E-state index contributed by atoms with van der Waals surface area (Å²) >= 11 is 1.49. The first kappa shape index (κ1) is 21.3. The highest BCUT2D eigenvalue weighted by Gasteiger charge is 2.38. The lowest BCUT2D eigenvalue weighted by atomic mass is 9.96. The number of nitrogens with two attached hydrogens (primary N) is 1. The van der Waals surface area contributed by atoms with Gasteiger partial charge in [0.2, 0.25) is 0 Å². The Bertz CT molecular complexity index is 1080. The summed E-state index contributed by atoms with van der Waals surface area (Å²) in [6.45, 7) is 0.707. The van der Waals surface area contributed by atoms with Crippen LogP contribution in [0, 0.1) is 0 Å². The van der Waals surface area contributed by atoms with Crippen LogP contribution in [0.5, 0.6) is 0 Å². The molecule has 30 heavy (non-hydrogen) atoms. The van der Waals surface area contributed by atoms with Gasteiger partial charge in [-0.25, -0.2) is 4.79 Å². The van der Waals surface area contributed by atoms with Crippen molar-refractivity contribution in [3.63, 3.8) is 0 Å². The molecule has 0 unspecified atom stereocenters. The molecule has 0 aliphatic carbocycles. The van der Waals surface area contributed by atoms with Gasteiger partial charge in [-0.2, -0.15) is 13.2 Å². The Morgan fingerprint density at radius 2 is 1.83 bits per heavy atom. The van der Waals surface area contributed by atoms with Crippen LogP contribution in [-0.4, -0.2) is 28.1 Å². The van der Waals surface area contributed by atoms with Gasteiger partial charge in [0.25, 0.3) is 5.91 Å². The second-order valence-corrected chi connectivity index (χ2v) is 7.30. The first-order valence-electron chi connectivity index (χ1n) is 8.66. The van der Waals surface area contributed by atoms with Gasteiger partial charge in [0.1, 0.15) is 0 Å². The zero-order valence-electron chi connectivity index (χ0n) is 15.4. The van der Waals surface area contributed by atoms with E-state index in [1.165, 1.54) is 11.3 Å². The maximum atomic E-state index is 11.9. The Balaban J connectivity index is 0.000000318. The summed E-state index contributed by atoms with van der Waals surface area (Å²) in [6.07, 6.45) is -2.69. The van der Waals surface area contributed by atoms with Crippen molar-refractivity contribution in [1.82, 2.24) is 4.98 Å². The van der Waals surface area contributed by atoms with Crippen molar-refractivity contribution in [3.8, 4) is 10.4 Å². The summed E-state index contributed by atoms with van der Waals surface area (Å²) in [6, 6.07) is 14.0. The zero-order valence-corrected chi connectivity index (χ0v) is 16.2. The van der Waals surface area contributed by atoms with E-state index in [1.807, 2.05) is 30.3 Å². The third kappa shape index (κ3) is 4.60. The van der Waals surface area contributed by atoms with E-state index in [1.54, 1.807) is 6.20 Å².